The predicted octanol–water partition coefficient (Wildman–Crippen LogP) is 0.757. The SMILES string of the molecule is CC(=O)C1(C)C(=O)Nc2cc3nn[nH]c3cc21. The van der Waals surface area contributed by atoms with Gasteiger partial charge in [0.1, 0.15) is 16.7 Å². The van der Waals surface area contributed by atoms with Crippen LogP contribution in [0.1, 0.15) is 19.4 Å². The number of ketones is 1. The number of fused-ring (bicyclic) bond motifs is 2. The largest absolute Gasteiger partial charge is 0.325 e. The summed E-state index contributed by atoms with van der Waals surface area (Å²) < 4.78 is 0. The van der Waals surface area contributed by atoms with Gasteiger partial charge in [-0.15, -0.1) is 5.10 Å². The van der Waals surface area contributed by atoms with E-state index >= 15 is 0 Å². The first kappa shape index (κ1) is 9.95. The van der Waals surface area contributed by atoms with Crippen molar-refractivity contribution < 1.29 is 9.59 Å². The molecule has 17 heavy (non-hydrogen) atoms. The number of hydrogen-bond acceptors (Lipinski definition) is 4. The van der Waals surface area contributed by atoms with Crippen LogP contribution in [-0.2, 0) is 15.0 Å². The highest BCUT2D eigenvalue weighted by Gasteiger charge is 2.47. The summed E-state index contributed by atoms with van der Waals surface area (Å²) in [6.45, 7) is 3.05. The van der Waals surface area contributed by atoms with E-state index in [9.17, 15) is 9.59 Å². The number of hydrogen-bond donors (Lipinski definition) is 2. The molecule has 1 aromatic heterocycles. The molecule has 1 aromatic carbocycles. The lowest BCUT2D eigenvalue weighted by atomic mass is 9.80. The summed E-state index contributed by atoms with van der Waals surface area (Å²) in [5, 5.41) is 13.0. The van der Waals surface area contributed by atoms with E-state index in [1.807, 2.05) is 0 Å². The summed E-state index contributed by atoms with van der Waals surface area (Å²) in [5.74, 6) is -0.471. The molecule has 0 saturated heterocycles. The van der Waals surface area contributed by atoms with E-state index < -0.39 is 5.41 Å². The normalized spacial score (nSPS) is 22.6. The molecule has 2 N–H and O–H groups in total. The Morgan fingerprint density at radius 2 is 2.18 bits per heavy atom. The molecule has 0 fully saturated rings. The Balaban J connectivity index is 2.33. The number of rotatable bonds is 1. The minimum Gasteiger partial charge on any atom is -0.325 e. The van der Waals surface area contributed by atoms with Crippen LogP contribution in [0.3, 0.4) is 0 Å². The zero-order valence-corrected chi connectivity index (χ0v) is 9.37. The van der Waals surface area contributed by atoms with Gasteiger partial charge in [0, 0.05) is 11.3 Å². The van der Waals surface area contributed by atoms with E-state index in [4.69, 9.17) is 0 Å². The number of benzene rings is 1. The lowest BCUT2D eigenvalue weighted by Gasteiger charge is -2.17. The summed E-state index contributed by atoms with van der Waals surface area (Å²) >= 11 is 0. The highest BCUT2D eigenvalue weighted by Crippen LogP contribution is 2.39. The van der Waals surface area contributed by atoms with Gasteiger partial charge in [-0.2, -0.15) is 0 Å². The van der Waals surface area contributed by atoms with E-state index in [1.165, 1.54) is 6.92 Å². The van der Waals surface area contributed by atoms with E-state index in [0.717, 1.165) is 0 Å². The molecule has 1 unspecified atom stereocenters. The number of carbonyl (C=O) groups excluding carboxylic acids is 2. The fourth-order valence-corrected chi connectivity index (χ4v) is 2.13. The van der Waals surface area contributed by atoms with Crippen molar-refractivity contribution in [3.63, 3.8) is 0 Å². The van der Waals surface area contributed by atoms with Crippen LogP contribution in [0.4, 0.5) is 5.69 Å². The third kappa shape index (κ3) is 1.09. The van der Waals surface area contributed by atoms with Gasteiger partial charge in [0.15, 0.2) is 0 Å². The van der Waals surface area contributed by atoms with Crippen molar-refractivity contribution in [3.05, 3.63) is 17.7 Å². The maximum atomic E-state index is 11.9. The molecule has 0 bridgehead atoms. The maximum absolute atomic E-state index is 11.9. The van der Waals surface area contributed by atoms with Crippen molar-refractivity contribution in [1.82, 2.24) is 15.4 Å². The van der Waals surface area contributed by atoms with E-state index in [2.05, 4.69) is 20.7 Å². The molecule has 0 aliphatic carbocycles. The molecule has 6 heteroatoms. The molecule has 6 nitrogen and oxygen atoms in total. The van der Waals surface area contributed by atoms with Crippen molar-refractivity contribution in [1.29, 1.82) is 0 Å². The molecule has 86 valence electrons. The molecular weight excluding hydrogens is 220 g/mol. The zero-order valence-electron chi connectivity index (χ0n) is 9.37. The van der Waals surface area contributed by atoms with E-state index in [0.29, 0.717) is 22.3 Å². The Morgan fingerprint density at radius 3 is 2.88 bits per heavy atom. The summed E-state index contributed by atoms with van der Waals surface area (Å²) in [7, 11) is 0. The molecule has 0 saturated carbocycles. The Bertz CT molecular complexity index is 661. The van der Waals surface area contributed by atoms with Gasteiger partial charge in [0.25, 0.3) is 0 Å². The second kappa shape index (κ2) is 2.91. The predicted molar refractivity (Wildman–Crippen MR) is 60.6 cm³/mol. The number of amides is 1. The van der Waals surface area contributed by atoms with Gasteiger partial charge in [0.05, 0.1) is 5.52 Å². The Morgan fingerprint density at radius 1 is 1.41 bits per heavy atom. The fraction of sp³-hybridized carbons (Fsp3) is 0.273. The van der Waals surface area contributed by atoms with Crippen LogP contribution in [0, 0.1) is 0 Å². The number of nitrogens with one attached hydrogen (secondary N) is 2. The molecule has 1 aliphatic rings. The third-order valence-corrected chi connectivity index (χ3v) is 3.41. The lowest BCUT2D eigenvalue weighted by Crippen LogP contribution is -2.37. The van der Waals surface area contributed by atoms with Gasteiger partial charge in [-0.05, 0) is 26.0 Å². The molecule has 0 radical (unpaired) electrons. The molecule has 2 heterocycles. The molecule has 2 aromatic rings. The number of nitrogens with zero attached hydrogens (tertiary/aromatic N) is 2. The monoisotopic (exact) mass is 230 g/mol. The average Bonchev–Trinajstić information content (AvgIpc) is 2.81. The highest BCUT2D eigenvalue weighted by molar-refractivity contribution is 6.21. The van der Waals surface area contributed by atoms with Gasteiger partial charge in [-0.3, -0.25) is 14.7 Å². The molecule has 0 spiro atoms. The summed E-state index contributed by atoms with van der Waals surface area (Å²) in [5.41, 5.74) is 1.57. The topological polar surface area (TPSA) is 87.7 Å². The first-order valence-electron chi connectivity index (χ1n) is 5.21. The number of carbonyl (C=O) groups is 2. The first-order valence-corrected chi connectivity index (χ1v) is 5.21. The van der Waals surface area contributed by atoms with Crippen LogP contribution in [-0.4, -0.2) is 27.1 Å². The van der Waals surface area contributed by atoms with Crippen molar-refractivity contribution in [3.8, 4) is 0 Å². The number of H-pyrrole nitrogens is 1. The number of aromatic amines is 1. The molecular formula is C11H10N4O2. The quantitative estimate of drug-likeness (QED) is 0.708. The van der Waals surface area contributed by atoms with Crippen molar-refractivity contribution in [2.75, 3.05) is 5.32 Å². The second-order valence-electron chi connectivity index (χ2n) is 4.36. The minimum absolute atomic E-state index is 0.180. The Kier molecular flexibility index (Phi) is 1.70. The highest BCUT2D eigenvalue weighted by atomic mass is 16.2. The van der Waals surface area contributed by atoms with Crippen LogP contribution >= 0.6 is 0 Å². The minimum atomic E-state index is -1.12. The van der Waals surface area contributed by atoms with Crippen LogP contribution < -0.4 is 5.32 Å². The molecule has 1 aliphatic heterocycles. The van der Waals surface area contributed by atoms with Crippen molar-refractivity contribution >= 4 is 28.4 Å². The maximum Gasteiger partial charge on any atom is 0.242 e. The van der Waals surface area contributed by atoms with Crippen LogP contribution in [0.2, 0.25) is 0 Å². The number of anilines is 1. The number of aromatic nitrogens is 3. The van der Waals surface area contributed by atoms with Gasteiger partial charge in [0.2, 0.25) is 5.91 Å². The van der Waals surface area contributed by atoms with Crippen molar-refractivity contribution in [2.24, 2.45) is 0 Å². The number of Topliss-reactive ketones (excluding diaryl/α,β-unsaturated/α-hetero) is 1. The third-order valence-electron chi connectivity index (χ3n) is 3.41. The van der Waals surface area contributed by atoms with Gasteiger partial charge in [-0.1, -0.05) is 5.21 Å². The first-order chi connectivity index (χ1) is 8.03. The summed E-state index contributed by atoms with van der Waals surface area (Å²) in [6.07, 6.45) is 0. The average molecular weight is 230 g/mol. The molecule has 3 rings (SSSR count). The smallest absolute Gasteiger partial charge is 0.242 e. The van der Waals surface area contributed by atoms with Crippen LogP contribution in [0.5, 0.6) is 0 Å². The summed E-state index contributed by atoms with van der Waals surface area (Å²) in [4.78, 5) is 23.6. The van der Waals surface area contributed by atoms with E-state index in [-0.39, 0.29) is 11.7 Å². The van der Waals surface area contributed by atoms with Gasteiger partial charge < -0.3 is 5.32 Å². The molecule has 1 amide bonds. The summed E-state index contributed by atoms with van der Waals surface area (Å²) in [6, 6.07) is 3.48. The zero-order chi connectivity index (χ0) is 12.2. The Labute approximate surface area is 96.4 Å². The van der Waals surface area contributed by atoms with Gasteiger partial charge >= 0.3 is 0 Å². The Hall–Kier alpha value is -2.24. The standard InChI is InChI=1S/C11H10N4O2/c1-5(16)11(2)6-3-8-9(14-15-13-8)4-7(6)12-10(11)17/h3-4H,1-2H3,(H,12,17)(H,13,14,15). The van der Waals surface area contributed by atoms with Crippen molar-refractivity contribution in [2.45, 2.75) is 19.3 Å². The van der Waals surface area contributed by atoms with Gasteiger partial charge in [-0.25, -0.2) is 0 Å². The van der Waals surface area contributed by atoms with E-state index in [1.54, 1.807) is 19.1 Å². The lowest BCUT2D eigenvalue weighted by molar-refractivity contribution is -0.130. The molecule has 1 atom stereocenters. The fourth-order valence-electron chi connectivity index (χ4n) is 2.13. The second-order valence-corrected chi connectivity index (χ2v) is 4.36. The van der Waals surface area contributed by atoms with Crippen LogP contribution in [0.25, 0.3) is 11.0 Å². The van der Waals surface area contributed by atoms with Crippen LogP contribution in [0.15, 0.2) is 12.1 Å².